The van der Waals surface area contributed by atoms with E-state index >= 15 is 0 Å². The molecule has 8 nitrogen and oxygen atoms in total. The molecule has 1 atom stereocenters. The first kappa shape index (κ1) is 20.8. The van der Waals surface area contributed by atoms with E-state index in [0.717, 1.165) is 12.1 Å². The average Bonchev–Trinajstić information content (AvgIpc) is 3.37. The van der Waals surface area contributed by atoms with Gasteiger partial charge < -0.3 is 10.0 Å². The minimum Gasteiger partial charge on any atom is -0.394 e. The van der Waals surface area contributed by atoms with Crippen molar-refractivity contribution in [2.24, 2.45) is 7.05 Å². The van der Waals surface area contributed by atoms with Gasteiger partial charge in [-0.05, 0) is 19.1 Å². The number of benzene rings is 1. The van der Waals surface area contributed by atoms with E-state index in [0.29, 0.717) is 34.1 Å². The Labute approximate surface area is 175 Å². The summed E-state index contributed by atoms with van der Waals surface area (Å²) < 4.78 is 41.9. The molecule has 0 fully saturated rings. The van der Waals surface area contributed by atoms with Crippen molar-refractivity contribution in [2.75, 3.05) is 18.6 Å². The smallest absolute Gasteiger partial charge is 0.394 e. The minimum absolute atomic E-state index is 0.0728. The van der Waals surface area contributed by atoms with Gasteiger partial charge in [-0.1, -0.05) is 12.1 Å². The number of anilines is 1. The van der Waals surface area contributed by atoms with E-state index in [2.05, 4.69) is 20.2 Å². The second-order valence-corrected chi connectivity index (χ2v) is 7.28. The summed E-state index contributed by atoms with van der Waals surface area (Å²) in [4.78, 5) is 11.0. The Morgan fingerprint density at radius 3 is 2.39 bits per heavy atom. The van der Waals surface area contributed by atoms with Gasteiger partial charge in [0.05, 0.1) is 36.3 Å². The molecule has 0 spiro atoms. The molecule has 11 heteroatoms. The molecule has 4 aromatic rings. The summed E-state index contributed by atoms with van der Waals surface area (Å²) in [5.74, 6) is 0.387. The van der Waals surface area contributed by atoms with Gasteiger partial charge in [-0.15, -0.1) is 5.10 Å². The zero-order chi connectivity index (χ0) is 22.3. The first-order valence-electron chi connectivity index (χ1n) is 9.45. The lowest BCUT2D eigenvalue weighted by atomic mass is 10.1. The summed E-state index contributed by atoms with van der Waals surface area (Å²) in [6, 6.07) is 4.59. The quantitative estimate of drug-likeness (QED) is 0.523. The standard InChI is InChI=1S/C20H20F3N7O/c1-12(11-31)29(3)19-26-18-17(14-8-24-28(2)9-14)25-16(10-30(18)27-19)13-4-6-15(7-5-13)20(21,22)23/h4-10,12,31H,11H2,1-3H3/t12-/m0/s1. The van der Waals surface area contributed by atoms with Gasteiger partial charge in [-0.25, -0.2) is 9.50 Å². The Morgan fingerprint density at radius 2 is 1.81 bits per heavy atom. The maximum Gasteiger partial charge on any atom is 0.416 e. The van der Waals surface area contributed by atoms with Gasteiger partial charge in [0, 0.05) is 31.4 Å². The highest BCUT2D eigenvalue weighted by atomic mass is 19.4. The molecule has 31 heavy (non-hydrogen) atoms. The van der Waals surface area contributed by atoms with Gasteiger partial charge in [-0.3, -0.25) is 4.68 Å². The van der Waals surface area contributed by atoms with E-state index in [4.69, 9.17) is 0 Å². The van der Waals surface area contributed by atoms with Crippen molar-refractivity contribution in [3.05, 3.63) is 48.4 Å². The van der Waals surface area contributed by atoms with Crippen molar-refractivity contribution in [3.63, 3.8) is 0 Å². The molecule has 4 rings (SSSR count). The molecule has 0 amide bonds. The summed E-state index contributed by atoms with van der Waals surface area (Å²) in [6.45, 7) is 1.76. The third-order valence-corrected chi connectivity index (χ3v) is 5.04. The molecule has 0 aliphatic carbocycles. The van der Waals surface area contributed by atoms with Crippen LogP contribution in [-0.2, 0) is 13.2 Å². The van der Waals surface area contributed by atoms with Crippen molar-refractivity contribution in [3.8, 4) is 22.5 Å². The molecule has 0 radical (unpaired) electrons. The molecule has 0 unspecified atom stereocenters. The van der Waals surface area contributed by atoms with Crippen molar-refractivity contribution in [2.45, 2.75) is 19.1 Å². The number of aromatic nitrogens is 6. The molecule has 3 aromatic heterocycles. The predicted octanol–water partition coefficient (Wildman–Crippen LogP) is 3.03. The fourth-order valence-electron chi connectivity index (χ4n) is 3.05. The second-order valence-electron chi connectivity index (χ2n) is 7.28. The van der Waals surface area contributed by atoms with Crippen LogP contribution in [0.3, 0.4) is 0 Å². The molecule has 0 aliphatic rings. The van der Waals surface area contributed by atoms with E-state index in [1.165, 1.54) is 16.6 Å². The van der Waals surface area contributed by atoms with Gasteiger partial charge in [0.2, 0.25) is 5.95 Å². The lowest BCUT2D eigenvalue weighted by Crippen LogP contribution is -2.32. The minimum atomic E-state index is -4.41. The number of aliphatic hydroxyl groups excluding tert-OH is 1. The van der Waals surface area contributed by atoms with Crippen molar-refractivity contribution >= 4 is 11.6 Å². The molecule has 0 saturated carbocycles. The average molecular weight is 431 g/mol. The van der Waals surface area contributed by atoms with Crippen LogP contribution >= 0.6 is 0 Å². The number of aliphatic hydroxyl groups is 1. The Balaban J connectivity index is 1.87. The number of aryl methyl sites for hydroxylation is 1. The Hall–Kier alpha value is -3.47. The Morgan fingerprint density at radius 1 is 1.10 bits per heavy atom. The maximum atomic E-state index is 12.9. The first-order valence-corrected chi connectivity index (χ1v) is 9.45. The van der Waals surface area contributed by atoms with Gasteiger partial charge in [-0.2, -0.15) is 23.3 Å². The molecule has 1 N–H and O–H groups in total. The van der Waals surface area contributed by atoms with Crippen LogP contribution in [-0.4, -0.2) is 54.2 Å². The molecular formula is C20H20F3N7O. The van der Waals surface area contributed by atoms with Crippen molar-refractivity contribution in [1.82, 2.24) is 29.4 Å². The van der Waals surface area contributed by atoms with Gasteiger partial charge in [0.15, 0.2) is 5.65 Å². The summed E-state index contributed by atoms with van der Waals surface area (Å²) in [6.07, 6.45) is 0.609. The number of alkyl halides is 3. The third kappa shape index (κ3) is 3.96. The predicted molar refractivity (Wildman–Crippen MR) is 108 cm³/mol. The van der Waals surface area contributed by atoms with E-state index in [-0.39, 0.29) is 12.6 Å². The third-order valence-electron chi connectivity index (χ3n) is 5.04. The van der Waals surface area contributed by atoms with Gasteiger partial charge in [0.25, 0.3) is 0 Å². The van der Waals surface area contributed by atoms with Crippen LogP contribution in [0, 0.1) is 0 Å². The fourth-order valence-corrected chi connectivity index (χ4v) is 3.05. The summed E-state index contributed by atoms with van der Waals surface area (Å²) >= 11 is 0. The van der Waals surface area contributed by atoms with Crippen LogP contribution in [0.4, 0.5) is 19.1 Å². The fraction of sp³-hybridized carbons (Fsp3) is 0.300. The largest absolute Gasteiger partial charge is 0.416 e. The van der Waals surface area contributed by atoms with Crippen LogP contribution < -0.4 is 4.90 Å². The zero-order valence-electron chi connectivity index (χ0n) is 17.0. The van der Waals surface area contributed by atoms with Crippen LogP contribution in [0.5, 0.6) is 0 Å². The molecule has 0 aliphatic heterocycles. The number of likely N-dealkylation sites (N-methyl/N-ethyl adjacent to an activating group) is 1. The van der Waals surface area contributed by atoms with E-state index in [1.807, 2.05) is 6.92 Å². The van der Waals surface area contributed by atoms with Crippen molar-refractivity contribution < 1.29 is 18.3 Å². The Bertz CT molecular complexity index is 1210. The lowest BCUT2D eigenvalue weighted by Gasteiger charge is -2.20. The van der Waals surface area contributed by atoms with Gasteiger partial charge in [0.1, 0.15) is 5.69 Å². The lowest BCUT2D eigenvalue weighted by molar-refractivity contribution is -0.137. The summed E-state index contributed by atoms with van der Waals surface area (Å²) in [5.41, 5.74) is 1.87. The molecule has 0 bridgehead atoms. The van der Waals surface area contributed by atoms with Crippen LogP contribution in [0.1, 0.15) is 12.5 Å². The molecule has 0 saturated heterocycles. The monoisotopic (exact) mass is 431 g/mol. The number of fused-ring (bicyclic) bond motifs is 1. The van der Waals surface area contributed by atoms with Crippen LogP contribution in [0.15, 0.2) is 42.9 Å². The maximum absolute atomic E-state index is 12.9. The van der Waals surface area contributed by atoms with E-state index in [1.54, 1.807) is 42.3 Å². The van der Waals surface area contributed by atoms with Crippen LogP contribution in [0.25, 0.3) is 28.2 Å². The summed E-state index contributed by atoms with van der Waals surface area (Å²) in [7, 11) is 3.54. The number of hydrogen-bond donors (Lipinski definition) is 1. The number of hydrogen-bond acceptors (Lipinski definition) is 6. The number of rotatable bonds is 5. The zero-order valence-corrected chi connectivity index (χ0v) is 17.0. The highest BCUT2D eigenvalue weighted by Gasteiger charge is 2.30. The number of nitrogens with zero attached hydrogens (tertiary/aromatic N) is 7. The Kier molecular flexibility index (Phi) is 5.13. The topological polar surface area (TPSA) is 84.4 Å². The molecule has 3 heterocycles. The van der Waals surface area contributed by atoms with Gasteiger partial charge >= 0.3 is 6.18 Å². The van der Waals surface area contributed by atoms with Crippen LogP contribution in [0.2, 0.25) is 0 Å². The van der Waals surface area contributed by atoms with E-state index < -0.39 is 11.7 Å². The highest BCUT2D eigenvalue weighted by Crippen LogP contribution is 2.32. The van der Waals surface area contributed by atoms with Crippen molar-refractivity contribution in [1.29, 1.82) is 0 Å². The second kappa shape index (κ2) is 7.65. The molecule has 1 aromatic carbocycles. The highest BCUT2D eigenvalue weighted by molar-refractivity contribution is 5.76. The SMILES string of the molecule is C[C@@H](CO)N(C)c1nc2c(-c3cnn(C)c3)nc(-c3ccc(C(F)(F)F)cc3)cn2n1. The first-order chi connectivity index (χ1) is 14.7. The number of halogens is 3. The normalized spacial score (nSPS) is 13.0. The summed E-state index contributed by atoms with van der Waals surface area (Å²) in [5, 5.41) is 18.1. The molecule has 162 valence electrons. The molecular weight excluding hydrogens is 411 g/mol. The van der Waals surface area contributed by atoms with E-state index in [9.17, 15) is 18.3 Å².